The molecule has 0 radical (unpaired) electrons. The first kappa shape index (κ1) is 11.3. The van der Waals surface area contributed by atoms with Gasteiger partial charge in [0.05, 0.1) is 0 Å². The molecule has 0 amide bonds. The van der Waals surface area contributed by atoms with Gasteiger partial charge in [0.25, 0.3) is 0 Å². The van der Waals surface area contributed by atoms with E-state index in [1.165, 1.54) is 5.57 Å². The first-order valence-electron chi connectivity index (χ1n) is 3.86. The van der Waals surface area contributed by atoms with Gasteiger partial charge in [-0.15, -0.1) is 12.6 Å². The van der Waals surface area contributed by atoms with Crippen molar-refractivity contribution in [1.82, 2.24) is 0 Å². The highest BCUT2D eigenvalue weighted by Gasteiger charge is 1.93. The number of halogens is 1. The molecule has 0 fully saturated rings. The lowest BCUT2D eigenvalue weighted by Crippen LogP contribution is -1.75. The fourth-order valence-electron chi connectivity index (χ4n) is 0.571. The highest BCUT2D eigenvalue weighted by Crippen LogP contribution is 2.21. The predicted molar refractivity (Wildman–Crippen MR) is 59.3 cm³/mol. The molecule has 0 aliphatic carbocycles. The second kappa shape index (κ2) is 5.90. The minimum absolute atomic E-state index is 0.983. The topological polar surface area (TPSA) is 0 Å². The third-order valence-electron chi connectivity index (χ3n) is 1.54. The summed E-state index contributed by atoms with van der Waals surface area (Å²) in [6.45, 7) is 6.37. The molecule has 0 aliphatic rings. The molecule has 0 rings (SSSR count). The Balaban J connectivity index is 4.37. The summed E-state index contributed by atoms with van der Waals surface area (Å²) in [7, 11) is 0. The van der Waals surface area contributed by atoms with Crippen LogP contribution in [0.3, 0.4) is 0 Å². The van der Waals surface area contributed by atoms with Crippen molar-refractivity contribution in [2.75, 3.05) is 0 Å². The van der Waals surface area contributed by atoms with Crippen molar-refractivity contribution in [3.05, 3.63) is 21.0 Å². The Hall–Kier alpha value is 0.310. The molecule has 0 N–H and O–H groups in total. The average Bonchev–Trinajstić information content (AvgIpc) is 2.02. The second-order valence-electron chi connectivity index (χ2n) is 2.49. The van der Waals surface area contributed by atoms with Crippen LogP contribution in [-0.2, 0) is 0 Å². The summed E-state index contributed by atoms with van der Waals surface area (Å²) >= 11 is 7.80. The van der Waals surface area contributed by atoms with E-state index in [1.807, 2.05) is 0 Å². The molecular formula is C9H15BrS. The van der Waals surface area contributed by atoms with E-state index in [-0.39, 0.29) is 0 Å². The second-order valence-corrected chi connectivity index (χ2v) is 3.89. The minimum Gasteiger partial charge on any atom is -0.147 e. The monoisotopic (exact) mass is 234 g/mol. The summed E-state index contributed by atoms with van der Waals surface area (Å²) in [5, 5.41) is 0. The van der Waals surface area contributed by atoms with E-state index in [9.17, 15) is 0 Å². The van der Waals surface area contributed by atoms with Crippen LogP contribution in [0.2, 0.25) is 0 Å². The van der Waals surface area contributed by atoms with E-state index < -0.39 is 0 Å². The van der Waals surface area contributed by atoms with Gasteiger partial charge in [-0.3, -0.25) is 0 Å². The molecule has 0 aliphatic heterocycles. The van der Waals surface area contributed by atoms with Crippen molar-refractivity contribution in [1.29, 1.82) is 0 Å². The number of rotatable bonds is 3. The third kappa shape index (κ3) is 4.70. The summed E-state index contributed by atoms with van der Waals surface area (Å²) in [4.78, 5) is 1.11. The zero-order chi connectivity index (χ0) is 8.85. The van der Waals surface area contributed by atoms with Crippen LogP contribution in [0.4, 0.5) is 0 Å². The van der Waals surface area contributed by atoms with Crippen LogP contribution >= 0.6 is 28.6 Å². The number of hydrogen-bond donors (Lipinski definition) is 1. The Labute approximate surface area is 83.3 Å². The first-order chi connectivity index (χ1) is 5.11. The SMILES string of the molecule is CC/C(C)=C\C(Br)=C(\S)CC. The van der Waals surface area contributed by atoms with Crippen LogP contribution in [0.15, 0.2) is 21.0 Å². The van der Waals surface area contributed by atoms with Crippen LogP contribution in [-0.4, -0.2) is 0 Å². The maximum Gasteiger partial charge on any atom is 0.0267 e. The molecule has 0 atom stereocenters. The van der Waals surface area contributed by atoms with Crippen molar-refractivity contribution >= 4 is 28.6 Å². The molecule has 64 valence electrons. The molecule has 0 heterocycles. The summed E-state index contributed by atoms with van der Waals surface area (Å²) in [5.41, 5.74) is 1.37. The van der Waals surface area contributed by atoms with Gasteiger partial charge in [-0.05, 0) is 46.7 Å². The maximum absolute atomic E-state index is 4.33. The Bertz CT molecular complexity index is 180. The first-order valence-corrected chi connectivity index (χ1v) is 5.10. The zero-order valence-corrected chi connectivity index (χ0v) is 9.80. The van der Waals surface area contributed by atoms with Crippen LogP contribution in [0, 0.1) is 0 Å². The van der Waals surface area contributed by atoms with Gasteiger partial charge < -0.3 is 0 Å². The van der Waals surface area contributed by atoms with Crippen LogP contribution in [0.25, 0.3) is 0 Å². The van der Waals surface area contributed by atoms with Crippen molar-refractivity contribution in [3.63, 3.8) is 0 Å². The minimum atomic E-state index is 0.983. The molecule has 2 heteroatoms. The molecule has 0 unspecified atom stereocenters. The van der Waals surface area contributed by atoms with Crippen molar-refractivity contribution in [2.45, 2.75) is 33.6 Å². The lowest BCUT2D eigenvalue weighted by atomic mass is 10.2. The Kier molecular flexibility index (Phi) is 6.06. The molecular weight excluding hydrogens is 220 g/mol. The van der Waals surface area contributed by atoms with Gasteiger partial charge in [-0.25, -0.2) is 0 Å². The molecule has 0 nitrogen and oxygen atoms in total. The number of thiol groups is 1. The smallest absolute Gasteiger partial charge is 0.0267 e. The normalized spacial score (nSPS) is 14.8. The number of allylic oxidation sites excluding steroid dienone is 4. The molecule has 0 spiro atoms. The lowest BCUT2D eigenvalue weighted by molar-refractivity contribution is 1.10. The predicted octanol–water partition coefficient (Wildman–Crippen LogP) is 4.29. The largest absolute Gasteiger partial charge is 0.147 e. The van der Waals surface area contributed by atoms with Crippen LogP contribution in [0.1, 0.15) is 33.6 Å². The van der Waals surface area contributed by atoms with Gasteiger partial charge in [0.2, 0.25) is 0 Å². The van der Waals surface area contributed by atoms with Crippen molar-refractivity contribution in [2.24, 2.45) is 0 Å². The quantitative estimate of drug-likeness (QED) is 0.547. The standard InChI is InChI=1S/C9H15BrS/c1-4-7(3)6-8(10)9(11)5-2/h6,11H,4-5H2,1-3H3/b7-6-,9-8-. The molecule has 0 bridgehead atoms. The number of hydrogen-bond acceptors (Lipinski definition) is 1. The maximum atomic E-state index is 4.33. The van der Waals surface area contributed by atoms with Gasteiger partial charge in [0.15, 0.2) is 0 Å². The Morgan fingerprint density at radius 1 is 1.36 bits per heavy atom. The summed E-state index contributed by atoms with van der Waals surface area (Å²) in [6.07, 6.45) is 4.21. The molecule has 0 aromatic carbocycles. The van der Waals surface area contributed by atoms with Crippen molar-refractivity contribution in [3.8, 4) is 0 Å². The van der Waals surface area contributed by atoms with Gasteiger partial charge in [0, 0.05) is 4.48 Å². The third-order valence-corrected chi connectivity index (χ3v) is 3.11. The van der Waals surface area contributed by atoms with E-state index >= 15 is 0 Å². The highest BCUT2D eigenvalue weighted by molar-refractivity contribution is 9.12. The Morgan fingerprint density at radius 2 is 1.91 bits per heavy atom. The van der Waals surface area contributed by atoms with E-state index in [2.05, 4.69) is 55.4 Å². The molecule has 0 aromatic rings. The van der Waals surface area contributed by atoms with E-state index in [0.717, 1.165) is 22.2 Å². The molecule has 0 saturated carbocycles. The molecule has 0 saturated heterocycles. The summed E-state index contributed by atoms with van der Waals surface area (Å²) in [5.74, 6) is 0. The van der Waals surface area contributed by atoms with Gasteiger partial charge in [-0.2, -0.15) is 0 Å². The Morgan fingerprint density at radius 3 is 2.27 bits per heavy atom. The fraction of sp³-hybridized carbons (Fsp3) is 0.556. The van der Waals surface area contributed by atoms with E-state index in [1.54, 1.807) is 0 Å². The van der Waals surface area contributed by atoms with E-state index in [4.69, 9.17) is 0 Å². The van der Waals surface area contributed by atoms with Gasteiger partial charge >= 0.3 is 0 Å². The van der Waals surface area contributed by atoms with Crippen LogP contribution in [0.5, 0.6) is 0 Å². The lowest BCUT2D eigenvalue weighted by Gasteiger charge is -1.98. The molecule has 11 heavy (non-hydrogen) atoms. The van der Waals surface area contributed by atoms with Crippen molar-refractivity contribution < 1.29 is 0 Å². The highest BCUT2D eigenvalue weighted by atomic mass is 79.9. The average molecular weight is 235 g/mol. The summed E-state index contributed by atoms with van der Waals surface area (Å²) in [6, 6.07) is 0. The van der Waals surface area contributed by atoms with E-state index in [0.29, 0.717) is 0 Å². The zero-order valence-electron chi connectivity index (χ0n) is 7.32. The summed E-state index contributed by atoms with van der Waals surface area (Å²) < 4.78 is 1.11. The van der Waals surface area contributed by atoms with Gasteiger partial charge in [-0.1, -0.05) is 19.4 Å². The van der Waals surface area contributed by atoms with Gasteiger partial charge in [0.1, 0.15) is 0 Å². The molecule has 0 aromatic heterocycles. The fourth-order valence-corrected chi connectivity index (χ4v) is 1.31. The van der Waals surface area contributed by atoms with Crippen LogP contribution < -0.4 is 0 Å².